The predicted octanol–water partition coefficient (Wildman–Crippen LogP) is 3.22. The number of rotatable bonds is 4. The summed E-state index contributed by atoms with van der Waals surface area (Å²) in [5, 5.41) is 6.19. The van der Waals surface area contributed by atoms with E-state index >= 15 is 0 Å². The van der Waals surface area contributed by atoms with E-state index in [-0.39, 0.29) is 5.91 Å². The number of H-pyrrole nitrogens is 1. The zero-order valence-corrected chi connectivity index (χ0v) is 12.1. The summed E-state index contributed by atoms with van der Waals surface area (Å²) >= 11 is 1.41. The Balaban J connectivity index is 1.67. The van der Waals surface area contributed by atoms with Crippen molar-refractivity contribution in [2.45, 2.75) is 19.3 Å². The molecule has 3 aromatic rings. The van der Waals surface area contributed by atoms with Crippen molar-refractivity contribution in [2.75, 3.05) is 5.32 Å². The molecule has 1 amide bonds. The minimum atomic E-state index is -0.139. The number of anilines is 1. The van der Waals surface area contributed by atoms with Gasteiger partial charge >= 0.3 is 0 Å². The SMILES string of the molecule is O=C(Nc1nccs1)c1c[nH]c2c(CC3CC3)nccc12. The summed E-state index contributed by atoms with van der Waals surface area (Å²) < 4.78 is 0. The molecule has 0 atom stereocenters. The average Bonchev–Trinajstić information content (AvgIpc) is 2.99. The van der Waals surface area contributed by atoms with Crippen molar-refractivity contribution in [3.05, 3.63) is 41.3 Å². The predicted molar refractivity (Wildman–Crippen MR) is 82.6 cm³/mol. The molecule has 3 heterocycles. The van der Waals surface area contributed by atoms with E-state index in [1.165, 1.54) is 24.2 Å². The molecule has 0 saturated heterocycles. The average molecular weight is 298 g/mol. The molecule has 0 radical (unpaired) electrons. The summed E-state index contributed by atoms with van der Waals surface area (Å²) in [4.78, 5) is 24.1. The van der Waals surface area contributed by atoms with Crippen LogP contribution in [0.15, 0.2) is 30.0 Å². The van der Waals surface area contributed by atoms with Gasteiger partial charge in [0.15, 0.2) is 5.13 Å². The highest BCUT2D eigenvalue weighted by Crippen LogP contribution is 2.34. The number of aromatic nitrogens is 3. The van der Waals surface area contributed by atoms with Crippen LogP contribution < -0.4 is 5.32 Å². The molecule has 6 heteroatoms. The van der Waals surface area contributed by atoms with Crippen LogP contribution in [0.3, 0.4) is 0 Å². The number of amides is 1. The molecule has 21 heavy (non-hydrogen) atoms. The zero-order chi connectivity index (χ0) is 14.2. The second kappa shape index (κ2) is 4.96. The van der Waals surface area contributed by atoms with Crippen molar-refractivity contribution in [1.29, 1.82) is 0 Å². The van der Waals surface area contributed by atoms with E-state index in [0.29, 0.717) is 10.7 Å². The molecule has 2 N–H and O–H groups in total. The van der Waals surface area contributed by atoms with Gasteiger partial charge in [-0.2, -0.15) is 0 Å². The van der Waals surface area contributed by atoms with Crippen LogP contribution in [0.2, 0.25) is 0 Å². The minimum Gasteiger partial charge on any atom is -0.359 e. The van der Waals surface area contributed by atoms with Crippen LogP contribution in [0.4, 0.5) is 5.13 Å². The van der Waals surface area contributed by atoms with Crippen LogP contribution in [0.25, 0.3) is 10.9 Å². The van der Waals surface area contributed by atoms with Crippen molar-refractivity contribution in [3.8, 4) is 0 Å². The van der Waals surface area contributed by atoms with Crippen molar-refractivity contribution >= 4 is 33.3 Å². The van der Waals surface area contributed by atoms with Gasteiger partial charge in [-0.15, -0.1) is 11.3 Å². The van der Waals surface area contributed by atoms with E-state index in [2.05, 4.69) is 20.3 Å². The first-order chi connectivity index (χ1) is 10.3. The van der Waals surface area contributed by atoms with E-state index in [9.17, 15) is 4.79 Å². The Bertz CT molecular complexity index is 789. The molecular weight excluding hydrogens is 284 g/mol. The third-order valence-corrected chi connectivity index (χ3v) is 4.45. The van der Waals surface area contributed by atoms with Crippen LogP contribution in [-0.4, -0.2) is 20.9 Å². The monoisotopic (exact) mass is 298 g/mol. The van der Waals surface area contributed by atoms with Gasteiger partial charge in [-0.3, -0.25) is 15.1 Å². The maximum atomic E-state index is 12.3. The third kappa shape index (κ3) is 2.42. The Kier molecular flexibility index (Phi) is 2.96. The Morgan fingerprint density at radius 2 is 2.29 bits per heavy atom. The fraction of sp³-hybridized carbons (Fsp3) is 0.267. The summed E-state index contributed by atoms with van der Waals surface area (Å²) in [5.41, 5.74) is 2.68. The topological polar surface area (TPSA) is 70.7 Å². The number of thiazole rings is 1. The molecule has 1 aliphatic carbocycles. The third-order valence-electron chi connectivity index (χ3n) is 3.76. The van der Waals surface area contributed by atoms with Crippen LogP contribution in [-0.2, 0) is 6.42 Å². The maximum Gasteiger partial charge on any atom is 0.259 e. The Labute approximate surface area is 125 Å². The molecule has 4 rings (SSSR count). The van der Waals surface area contributed by atoms with E-state index < -0.39 is 0 Å². The number of nitrogens with one attached hydrogen (secondary N) is 2. The van der Waals surface area contributed by atoms with Gasteiger partial charge in [0.05, 0.1) is 16.8 Å². The van der Waals surface area contributed by atoms with Gasteiger partial charge in [0.25, 0.3) is 5.91 Å². The minimum absolute atomic E-state index is 0.139. The highest BCUT2D eigenvalue weighted by molar-refractivity contribution is 7.13. The first kappa shape index (κ1) is 12.5. The van der Waals surface area contributed by atoms with E-state index in [0.717, 1.165) is 28.9 Å². The molecule has 0 aromatic carbocycles. The molecule has 3 aromatic heterocycles. The summed E-state index contributed by atoms with van der Waals surface area (Å²) in [6.07, 6.45) is 8.78. The lowest BCUT2D eigenvalue weighted by Gasteiger charge is -2.02. The van der Waals surface area contributed by atoms with Crippen molar-refractivity contribution in [3.63, 3.8) is 0 Å². The fourth-order valence-electron chi connectivity index (χ4n) is 2.50. The smallest absolute Gasteiger partial charge is 0.259 e. The molecule has 0 spiro atoms. The zero-order valence-electron chi connectivity index (χ0n) is 11.3. The fourth-order valence-corrected chi connectivity index (χ4v) is 3.02. The van der Waals surface area contributed by atoms with Crippen molar-refractivity contribution in [1.82, 2.24) is 15.0 Å². The van der Waals surface area contributed by atoms with E-state index in [1.807, 2.05) is 11.4 Å². The summed E-state index contributed by atoms with van der Waals surface area (Å²) in [5.74, 6) is 0.624. The van der Waals surface area contributed by atoms with Gasteiger partial charge in [0, 0.05) is 29.4 Å². The quantitative estimate of drug-likeness (QED) is 0.777. The lowest BCUT2D eigenvalue weighted by Crippen LogP contribution is -2.11. The lowest BCUT2D eigenvalue weighted by atomic mass is 10.1. The van der Waals surface area contributed by atoms with Gasteiger partial charge in [-0.25, -0.2) is 4.98 Å². The maximum absolute atomic E-state index is 12.3. The Hall–Kier alpha value is -2.21. The van der Waals surface area contributed by atoms with Crippen LogP contribution in [0, 0.1) is 5.92 Å². The molecule has 5 nitrogen and oxygen atoms in total. The highest BCUT2D eigenvalue weighted by Gasteiger charge is 2.24. The number of carbonyl (C=O) groups excluding carboxylic acids is 1. The second-order valence-corrected chi connectivity index (χ2v) is 6.22. The van der Waals surface area contributed by atoms with E-state index in [4.69, 9.17) is 0 Å². The number of nitrogens with zero attached hydrogens (tertiary/aromatic N) is 2. The van der Waals surface area contributed by atoms with Crippen LogP contribution in [0.1, 0.15) is 28.9 Å². The van der Waals surface area contributed by atoms with Crippen LogP contribution in [0.5, 0.6) is 0 Å². The van der Waals surface area contributed by atoms with Gasteiger partial charge in [0.2, 0.25) is 0 Å². The standard InChI is InChI=1S/C15H14N4OS/c20-14(19-15-17-5-6-21-15)11-8-18-13-10(11)3-4-16-12(13)7-9-1-2-9/h3-6,8-9,18H,1-2,7H2,(H,17,19,20). The summed E-state index contributed by atoms with van der Waals surface area (Å²) in [6, 6.07) is 1.89. The number of carbonyl (C=O) groups is 1. The number of aromatic amines is 1. The van der Waals surface area contributed by atoms with Crippen molar-refractivity contribution < 1.29 is 4.79 Å². The molecule has 0 unspecified atom stereocenters. The molecule has 0 aliphatic heterocycles. The van der Waals surface area contributed by atoms with Gasteiger partial charge in [-0.1, -0.05) is 0 Å². The first-order valence-electron chi connectivity index (χ1n) is 6.97. The number of hydrogen-bond acceptors (Lipinski definition) is 4. The number of pyridine rings is 1. The normalized spacial score (nSPS) is 14.5. The van der Waals surface area contributed by atoms with E-state index in [1.54, 1.807) is 18.6 Å². The van der Waals surface area contributed by atoms with Gasteiger partial charge in [-0.05, 0) is 31.2 Å². The number of fused-ring (bicyclic) bond motifs is 1. The Morgan fingerprint density at radius 3 is 3.05 bits per heavy atom. The van der Waals surface area contributed by atoms with Gasteiger partial charge in [0.1, 0.15) is 0 Å². The van der Waals surface area contributed by atoms with Gasteiger partial charge < -0.3 is 4.98 Å². The molecule has 106 valence electrons. The summed E-state index contributed by atoms with van der Waals surface area (Å²) in [7, 11) is 0. The molecule has 1 saturated carbocycles. The second-order valence-electron chi connectivity index (χ2n) is 5.32. The molecule has 1 aliphatic rings. The summed E-state index contributed by atoms with van der Waals surface area (Å²) in [6.45, 7) is 0. The largest absolute Gasteiger partial charge is 0.359 e. The highest BCUT2D eigenvalue weighted by atomic mass is 32.1. The molecule has 1 fully saturated rings. The molecule has 0 bridgehead atoms. The Morgan fingerprint density at radius 1 is 1.38 bits per heavy atom. The van der Waals surface area contributed by atoms with Crippen LogP contribution >= 0.6 is 11.3 Å². The number of hydrogen-bond donors (Lipinski definition) is 2. The van der Waals surface area contributed by atoms with Crippen molar-refractivity contribution in [2.24, 2.45) is 5.92 Å². The molecular formula is C15H14N4OS. The lowest BCUT2D eigenvalue weighted by molar-refractivity contribution is 0.102. The first-order valence-corrected chi connectivity index (χ1v) is 7.85.